The van der Waals surface area contributed by atoms with Gasteiger partial charge in [0, 0.05) is 38.5 Å². The summed E-state index contributed by atoms with van der Waals surface area (Å²) in [5.41, 5.74) is 1.20. The molecule has 8 heteroatoms. The van der Waals surface area contributed by atoms with Crippen LogP contribution in [0.25, 0.3) is 0 Å². The molecule has 182 valence electrons. The van der Waals surface area contributed by atoms with Crippen LogP contribution >= 0.6 is 11.8 Å². The second-order valence-electron chi connectivity index (χ2n) is 8.78. The first kappa shape index (κ1) is 24.4. The number of ether oxygens (including phenoxy) is 2. The van der Waals surface area contributed by atoms with Crippen molar-refractivity contribution < 1.29 is 19.1 Å². The monoisotopic (exact) mass is 483 g/mol. The number of carbonyl (C=O) groups excluding carboxylic acids is 2. The van der Waals surface area contributed by atoms with Gasteiger partial charge in [-0.2, -0.15) is 11.8 Å². The van der Waals surface area contributed by atoms with Crippen LogP contribution in [0.4, 0.5) is 0 Å². The molecule has 2 aromatic rings. The lowest BCUT2D eigenvalue weighted by Crippen LogP contribution is -2.59. The van der Waals surface area contributed by atoms with E-state index in [0.29, 0.717) is 49.5 Å². The zero-order valence-corrected chi connectivity index (χ0v) is 20.9. The molecule has 7 nitrogen and oxygen atoms in total. The van der Waals surface area contributed by atoms with Gasteiger partial charge in [-0.05, 0) is 36.1 Å². The highest BCUT2D eigenvalue weighted by Gasteiger charge is 2.51. The molecule has 2 saturated heterocycles. The summed E-state index contributed by atoms with van der Waals surface area (Å²) in [5.74, 6) is 2.18. The van der Waals surface area contributed by atoms with Gasteiger partial charge >= 0.3 is 0 Å². The first-order chi connectivity index (χ1) is 16.5. The van der Waals surface area contributed by atoms with Gasteiger partial charge in [-0.25, -0.2) is 0 Å². The molecule has 34 heavy (non-hydrogen) atoms. The lowest BCUT2D eigenvalue weighted by atomic mass is 9.94. The fraction of sp³-hybridized carbons (Fsp3) is 0.462. The summed E-state index contributed by atoms with van der Waals surface area (Å²) >= 11 is 1.75. The minimum Gasteiger partial charge on any atom is -0.497 e. The number of carbonyl (C=O) groups is 2. The zero-order chi connectivity index (χ0) is 24.1. The second-order valence-corrected chi connectivity index (χ2v) is 9.76. The largest absolute Gasteiger partial charge is 0.497 e. The van der Waals surface area contributed by atoms with Crippen LogP contribution in [0.1, 0.15) is 35.2 Å². The third-order valence-corrected chi connectivity index (χ3v) is 7.48. The quantitative estimate of drug-likeness (QED) is 0.621. The van der Waals surface area contributed by atoms with Crippen LogP contribution in [-0.4, -0.2) is 72.6 Å². The average molecular weight is 484 g/mol. The van der Waals surface area contributed by atoms with Crippen molar-refractivity contribution in [3.05, 3.63) is 59.7 Å². The number of benzene rings is 2. The van der Waals surface area contributed by atoms with Crippen molar-refractivity contribution in [3.63, 3.8) is 0 Å². The summed E-state index contributed by atoms with van der Waals surface area (Å²) in [6, 6.07) is 15.2. The van der Waals surface area contributed by atoms with Crippen LogP contribution in [0.15, 0.2) is 48.5 Å². The van der Waals surface area contributed by atoms with Gasteiger partial charge in [-0.3, -0.25) is 14.9 Å². The van der Waals surface area contributed by atoms with E-state index in [4.69, 9.17) is 9.47 Å². The molecule has 0 aromatic heterocycles. The number of rotatable bonds is 8. The van der Waals surface area contributed by atoms with Crippen molar-refractivity contribution in [1.82, 2.24) is 15.1 Å². The van der Waals surface area contributed by atoms with Gasteiger partial charge in [-0.15, -0.1) is 0 Å². The molecule has 4 rings (SSSR count). The van der Waals surface area contributed by atoms with Gasteiger partial charge in [0.25, 0.3) is 5.91 Å². The highest BCUT2D eigenvalue weighted by atomic mass is 32.2. The Kier molecular flexibility index (Phi) is 7.68. The molecule has 2 heterocycles. The number of likely N-dealkylation sites (tertiary alicyclic amines) is 1. The minimum atomic E-state index is -0.434. The van der Waals surface area contributed by atoms with Crippen molar-refractivity contribution in [2.75, 3.05) is 39.3 Å². The van der Waals surface area contributed by atoms with E-state index in [1.165, 1.54) is 0 Å². The van der Waals surface area contributed by atoms with Crippen molar-refractivity contribution in [1.29, 1.82) is 0 Å². The van der Waals surface area contributed by atoms with Gasteiger partial charge in [-0.1, -0.05) is 30.3 Å². The smallest absolute Gasteiger partial charge is 0.257 e. The Morgan fingerprint density at radius 2 is 1.85 bits per heavy atom. The fourth-order valence-electron chi connectivity index (χ4n) is 4.93. The van der Waals surface area contributed by atoms with Gasteiger partial charge in [0.05, 0.1) is 31.5 Å². The van der Waals surface area contributed by atoms with E-state index in [-0.39, 0.29) is 17.9 Å². The van der Waals surface area contributed by atoms with Crippen LogP contribution in [0.2, 0.25) is 0 Å². The van der Waals surface area contributed by atoms with Crippen LogP contribution in [-0.2, 0) is 11.3 Å². The molecule has 1 spiro atoms. The summed E-state index contributed by atoms with van der Waals surface area (Å²) in [7, 11) is 3.14. The van der Waals surface area contributed by atoms with Gasteiger partial charge in [0.2, 0.25) is 5.91 Å². The number of hydrogen-bond acceptors (Lipinski definition) is 6. The number of nitrogens with zero attached hydrogens (tertiary/aromatic N) is 2. The van der Waals surface area contributed by atoms with Crippen LogP contribution in [0.3, 0.4) is 0 Å². The maximum Gasteiger partial charge on any atom is 0.257 e. The second kappa shape index (κ2) is 10.7. The highest BCUT2D eigenvalue weighted by Crippen LogP contribution is 2.36. The molecule has 1 N–H and O–H groups in total. The third kappa shape index (κ3) is 4.88. The summed E-state index contributed by atoms with van der Waals surface area (Å²) in [5, 5.41) is 3.68. The number of hydrogen-bond donors (Lipinski definition) is 1. The van der Waals surface area contributed by atoms with E-state index < -0.39 is 5.66 Å². The zero-order valence-electron chi connectivity index (χ0n) is 20.1. The molecule has 0 aliphatic carbocycles. The Morgan fingerprint density at radius 1 is 1.12 bits per heavy atom. The Morgan fingerprint density at radius 3 is 2.50 bits per heavy atom. The molecule has 0 radical (unpaired) electrons. The number of amides is 2. The molecular formula is C26H33N3O4S. The third-order valence-electron chi connectivity index (χ3n) is 6.83. The van der Waals surface area contributed by atoms with Gasteiger partial charge in [0.1, 0.15) is 11.5 Å². The SMILES string of the molecule is COc1ccc(C(=O)N2CCC3(CC2)N[C@@H](CCSC)C(=O)N3Cc2ccccc2)c(OC)c1. The molecule has 2 aliphatic rings. The molecule has 0 bridgehead atoms. The predicted molar refractivity (Wildman–Crippen MR) is 134 cm³/mol. The predicted octanol–water partition coefficient (Wildman–Crippen LogP) is 3.39. The summed E-state index contributed by atoms with van der Waals surface area (Å²) in [6.45, 7) is 1.70. The average Bonchev–Trinajstić information content (AvgIpc) is 3.13. The number of piperidine rings is 1. The van der Waals surface area contributed by atoms with Crippen LogP contribution in [0.5, 0.6) is 11.5 Å². The van der Waals surface area contributed by atoms with E-state index in [2.05, 4.69) is 23.7 Å². The molecule has 2 amide bonds. The molecule has 2 aliphatic heterocycles. The van der Waals surface area contributed by atoms with Crippen molar-refractivity contribution in [2.24, 2.45) is 0 Å². The fourth-order valence-corrected chi connectivity index (χ4v) is 5.40. The van der Waals surface area contributed by atoms with E-state index in [1.807, 2.05) is 28.0 Å². The van der Waals surface area contributed by atoms with E-state index in [9.17, 15) is 9.59 Å². The summed E-state index contributed by atoms with van der Waals surface area (Å²) in [6.07, 6.45) is 4.24. The van der Waals surface area contributed by atoms with E-state index >= 15 is 0 Å². The lowest BCUT2D eigenvalue weighted by molar-refractivity contribution is -0.134. The van der Waals surface area contributed by atoms with Gasteiger partial charge in [0.15, 0.2) is 0 Å². The number of nitrogens with one attached hydrogen (secondary N) is 1. The molecule has 2 fully saturated rings. The first-order valence-corrected chi connectivity index (χ1v) is 13.0. The Hall–Kier alpha value is -2.71. The Labute approximate surface area is 205 Å². The molecular weight excluding hydrogens is 450 g/mol. The topological polar surface area (TPSA) is 71.1 Å². The van der Waals surface area contributed by atoms with Crippen molar-refractivity contribution in [2.45, 2.75) is 37.5 Å². The number of methoxy groups -OCH3 is 2. The van der Waals surface area contributed by atoms with E-state index in [0.717, 1.165) is 17.7 Å². The van der Waals surface area contributed by atoms with Crippen molar-refractivity contribution >= 4 is 23.6 Å². The van der Waals surface area contributed by atoms with Crippen molar-refractivity contribution in [3.8, 4) is 11.5 Å². The molecule has 0 unspecified atom stereocenters. The Balaban J connectivity index is 1.52. The molecule has 2 aromatic carbocycles. The maximum atomic E-state index is 13.4. The van der Waals surface area contributed by atoms with Crippen LogP contribution < -0.4 is 14.8 Å². The lowest BCUT2D eigenvalue weighted by Gasteiger charge is -2.44. The van der Waals surface area contributed by atoms with Crippen LogP contribution in [0, 0.1) is 0 Å². The van der Waals surface area contributed by atoms with E-state index in [1.54, 1.807) is 44.2 Å². The normalized spacial score (nSPS) is 19.5. The Bertz CT molecular complexity index is 1010. The summed E-state index contributed by atoms with van der Waals surface area (Å²) < 4.78 is 10.7. The first-order valence-electron chi connectivity index (χ1n) is 11.6. The number of thioether (sulfide) groups is 1. The highest BCUT2D eigenvalue weighted by molar-refractivity contribution is 7.98. The molecule has 1 atom stereocenters. The standard InChI is InChI=1S/C26H33N3O4S/c1-32-20-9-10-21(23(17-20)33-2)24(30)28-14-12-26(13-15-28)27-22(11-16-34-3)25(31)29(26)18-19-7-5-4-6-8-19/h4-10,17,22,27H,11-16,18H2,1-3H3/t22-/m0/s1. The summed E-state index contributed by atoms with van der Waals surface area (Å²) in [4.78, 5) is 30.6. The molecule has 0 saturated carbocycles. The van der Waals surface area contributed by atoms with Gasteiger partial charge < -0.3 is 19.3 Å². The maximum absolute atomic E-state index is 13.4. The minimum absolute atomic E-state index is 0.0628.